The van der Waals surface area contributed by atoms with Crippen LogP contribution in [0.3, 0.4) is 0 Å². The third kappa shape index (κ3) is 67.2. The normalized spacial score (nSPS) is 14.1. The van der Waals surface area contributed by atoms with E-state index in [9.17, 15) is 19.0 Å². The van der Waals surface area contributed by atoms with Crippen molar-refractivity contribution in [2.45, 2.75) is 341 Å². The number of rotatable bonds is 66. The summed E-state index contributed by atoms with van der Waals surface area (Å²) in [7, 11) is 1.18. The highest BCUT2D eigenvalue weighted by atomic mass is 31.2. The van der Waals surface area contributed by atoms with Gasteiger partial charge in [0.1, 0.15) is 19.3 Å². The van der Waals surface area contributed by atoms with Crippen LogP contribution in [0, 0.1) is 0 Å². The van der Waals surface area contributed by atoms with Gasteiger partial charge in [0.15, 0.2) is 0 Å². The molecule has 0 spiro atoms. The Morgan fingerprint density at radius 2 is 0.701 bits per heavy atom. The van der Waals surface area contributed by atoms with E-state index in [2.05, 4.69) is 111 Å². The number of likely N-dealkylation sites (N-methyl/N-ethyl adjacent to an activating group) is 1. The molecule has 0 aliphatic rings. The topological polar surface area (TPSA) is 114 Å². The molecule has 87 heavy (non-hydrogen) atoms. The van der Waals surface area contributed by atoms with E-state index in [1.54, 1.807) is 0 Å². The van der Waals surface area contributed by atoms with Crippen LogP contribution in [0.4, 0.5) is 0 Å². The number of hydrogen-bond donors (Lipinski definition) is 1. The number of esters is 1. The number of quaternary nitrogens is 1. The van der Waals surface area contributed by atoms with Gasteiger partial charge in [0, 0.05) is 12.8 Å². The van der Waals surface area contributed by atoms with Crippen molar-refractivity contribution in [1.29, 1.82) is 0 Å². The molecule has 0 aromatic heterocycles. The lowest BCUT2D eigenvalue weighted by Crippen LogP contribution is -2.47. The maximum atomic E-state index is 13.6. The lowest BCUT2D eigenvalue weighted by atomic mass is 10.0. The molecule has 0 aromatic rings. The van der Waals surface area contributed by atoms with Gasteiger partial charge in [-0.05, 0) is 115 Å². The molecule has 3 atom stereocenters. The molecule has 504 valence electrons. The first-order valence-corrected chi connectivity index (χ1v) is 38.0. The zero-order valence-electron chi connectivity index (χ0n) is 57.7. The van der Waals surface area contributed by atoms with E-state index in [1.165, 1.54) is 193 Å². The number of phosphoric ester groups is 1. The first-order chi connectivity index (χ1) is 42.4. The van der Waals surface area contributed by atoms with E-state index in [4.69, 9.17) is 13.8 Å². The maximum absolute atomic E-state index is 13.6. The van der Waals surface area contributed by atoms with Crippen molar-refractivity contribution in [2.75, 3.05) is 40.9 Å². The smallest absolute Gasteiger partial charge is 0.306 e. The van der Waals surface area contributed by atoms with Crippen molar-refractivity contribution in [3.63, 3.8) is 0 Å². The second-order valence-electron chi connectivity index (χ2n) is 25.7. The number of carbonyl (C=O) groups is 2. The fraction of sp³-hybridized carbons (Fsp3) is 0.766. The number of allylic oxidation sites excluding steroid dienone is 15. The molecule has 0 aliphatic carbocycles. The number of hydrogen-bond acceptors (Lipinski definition) is 7. The second-order valence-corrected chi connectivity index (χ2v) is 27.1. The van der Waals surface area contributed by atoms with Crippen molar-refractivity contribution in [2.24, 2.45) is 0 Å². The van der Waals surface area contributed by atoms with Gasteiger partial charge in [0.25, 0.3) is 7.82 Å². The summed E-state index contributed by atoms with van der Waals surface area (Å²) in [5, 5.41) is 3.04. The Bertz CT molecular complexity index is 1810. The predicted molar refractivity (Wildman–Crippen MR) is 376 cm³/mol. The highest BCUT2D eigenvalue weighted by Crippen LogP contribution is 2.38. The van der Waals surface area contributed by atoms with Gasteiger partial charge in [-0.15, -0.1) is 0 Å². The van der Waals surface area contributed by atoms with Crippen LogP contribution in [0.5, 0.6) is 0 Å². The quantitative estimate of drug-likeness (QED) is 0.0212. The molecule has 0 fully saturated rings. The molecule has 0 radical (unpaired) electrons. The Labute approximate surface area is 538 Å². The molecular formula is C77H139N2O7P. The molecule has 1 N–H and O–H groups in total. The minimum absolute atomic E-state index is 0.0268. The molecule has 0 saturated carbocycles. The number of phosphoric acid groups is 1. The third-order valence-corrected chi connectivity index (χ3v) is 17.0. The van der Waals surface area contributed by atoms with Crippen LogP contribution in [0.1, 0.15) is 329 Å². The van der Waals surface area contributed by atoms with Crippen LogP contribution in [-0.4, -0.2) is 69.4 Å². The first-order valence-electron chi connectivity index (χ1n) is 36.5. The maximum Gasteiger partial charge on any atom is 0.306 e. The minimum atomic E-state index is -4.71. The largest absolute Gasteiger partial charge is 0.756 e. The lowest BCUT2D eigenvalue weighted by Gasteiger charge is -2.30. The second kappa shape index (κ2) is 65.9. The standard InChI is InChI=1S/C77H139N2O7P/c1-7-10-13-16-19-22-25-27-29-31-33-35-37-38-39-40-42-43-45-47-49-51-54-57-60-63-66-69-76(80)78-74(73-85-87(82,83)84-72-71-79(4,5)6)75(68-65-62-59-56-53-24-21-18-15-12-9-3)86-77(81)70-67-64-61-58-55-52-50-48-46-44-41-36-34-32-30-28-26-23-20-17-14-11-8-2/h19-20,22-23,27-30,33-36,38-39,65,68,74-75H,7-18,21,24-26,31-32,37,40-64,66-67,69-73H2,1-6H3,(H-,78,80,82,83)/b22-19-,23-20-,29-27-,30-28-,35-33-,36-34-,39-38-,68-65-. The highest BCUT2D eigenvalue weighted by Gasteiger charge is 2.27. The molecule has 0 heterocycles. The van der Waals surface area contributed by atoms with Gasteiger partial charge in [-0.3, -0.25) is 14.2 Å². The highest BCUT2D eigenvalue weighted by molar-refractivity contribution is 7.45. The van der Waals surface area contributed by atoms with Crippen LogP contribution in [0.15, 0.2) is 97.2 Å². The zero-order valence-corrected chi connectivity index (χ0v) is 58.6. The van der Waals surface area contributed by atoms with Crippen molar-refractivity contribution in [3.8, 4) is 0 Å². The zero-order chi connectivity index (χ0) is 63.5. The SMILES string of the molecule is CCCCC/C=C\C/C=C\C/C=C\C/C=C\CCCCCCCCCCCCCC(=O)NC(COP(=O)([O-])OCC[N+](C)(C)C)C(/C=C\CCCCCCCCCCC)OC(=O)CCCCCCCCCCCC/C=C\C/C=C\C/C=C\CCCCC. The van der Waals surface area contributed by atoms with Gasteiger partial charge >= 0.3 is 5.97 Å². The van der Waals surface area contributed by atoms with E-state index in [0.29, 0.717) is 17.4 Å². The summed E-state index contributed by atoms with van der Waals surface area (Å²) >= 11 is 0. The summed E-state index contributed by atoms with van der Waals surface area (Å²) < 4.78 is 30.4. The van der Waals surface area contributed by atoms with Crippen LogP contribution >= 0.6 is 7.82 Å². The van der Waals surface area contributed by atoms with Crippen molar-refractivity contribution in [3.05, 3.63) is 97.2 Å². The van der Waals surface area contributed by atoms with Gasteiger partial charge in [0.05, 0.1) is 33.8 Å². The van der Waals surface area contributed by atoms with Crippen LogP contribution < -0.4 is 10.2 Å². The number of nitrogens with zero attached hydrogens (tertiary/aromatic N) is 1. The van der Waals surface area contributed by atoms with Gasteiger partial charge in [-0.25, -0.2) is 0 Å². The van der Waals surface area contributed by atoms with Crippen molar-refractivity contribution >= 4 is 19.7 Å². The number of ether oxygens (including phenoxy) is 1. The Kier molecular flexibility index (Phi) is 63.5. The third-order valence-electron chi connectivity index (χ3n) is 16.0. The molecular weight excluding hydrogens is 1100 g/mol. The van der Waals surface area contributed by atoms with Gasteiger partial charge in [-0.1, -0.05) is 298 Å². The van der Waals surface area contributed by atoms with E-state index >= 15 is 0 Å². The van der Waals surface area contributed by atoms with Crippen molar-refractivity contribution < 1.29 is 37.3 Å². The fourth-order valence-electron chi connectivity index (χ4n) is 10.3. The average molecular weight is 1240 g/mol. The summed E-state index contributed by atoms with van der Waals surface area (Å²) in [6, 6.07) is -0.897. The molecule has 10 heteroatoms. The van der Waals surface area contributed by atoms with E-state index < -0.39 is 26.6 Å². The van der Waals surface area contributed by atoms with Gasteiger partial charge < -0.3 is 28.5 Å². The molecule has 0 saturated heterocycles. The van der Waals surface area contributed by atoms with Crippen LogP contribution in [0.2, 0.25) is 0 Å². The lowest BCUT2D eigenvalue weighted by molar-refractivity contribution is -0.870. The summed E-state index contributed by atoms with van der Waals surface area (Å²) in [5.41, 5.74) is 0. The molecule has 3 unspecified atom stereocenters. The summed E-state index contributed by atoms with van der Waals surface area (Å²) in [6.07, 6.45) is 89.6. The number of nitrogens with one attached hydrogen (secondary N) is 1. The minimum Gasteiger partial charge on any atom is -0.756 e. The fourth-order valence-corrected chi connectivity index (χ4v) is 11.1. The van der Waals surface area contributed by atoms with Gasteiger partial charge in [0.2, 0.25) is 5.91 Å². The molecule has 0 aliphatic heterocycles. The van der Waals surface area contributed by atoms with Gasteiger partial charge in [-0.2, -0.15) is 0 Å². The van der Waals surface area contributed by atoms with Crippen molar-refractivity contribution in [1.82, 2.24) is 5.32 Å². The summed E-state index contributed by atoms with van der Waals surface area (Å²) in [5.74, 6) is -0.545. The number of carbonyl (C=O) groups excluding carboxylic acids is 2. The Morgan fingerprint density at radius 3 is 1.07 bits per heavy atom. The molecule has 0 aromatic carbocycles. The number of unbranched alkanes of at least 4 members (excludes halogenated alkanes) is 36. The number of amides is 1. The van der Waals surface area contributed by atoms with E-state index in [0.717, 1.165) is 103 Å². The monoisotopic (exact) mass is 1240 g/mol. The first kappa shape index (κ1) is 83.9. The molecule has 0 rings (SSSR count). The molecule has 0 bridgehead atoms. The average Bonchev–Trinajstić information content (AvgIpc) is 3.70. The Balaban J connectivity index is 5.01. The Morgan fingerprint density at radius 1 is 0.402 bits per heavy atom. The summed E-state index contributed by atoms with van der Waals surface area (Å²) in [6.45, 7) is 6.80. The van der Waals surface area contributed by atoms with Crippen LogP contribution in [0.25, 0.3) is 0 Å². The predicted octanol–water partition coefficient (Wildman–Crippen LogP) is 22.8. The van der Waals surface area contributed by atoms with E-state index in [-0.39, 0.29) is 24.9 Å². The molecule has 9 nitrogen and oxygen atoms in total. The molecule has 1 amide bonds. The summed E-state index contributed by atoms with van der Waals surface area (Å²) in [4.78, 5) is 40.2. The van der Waals surface area contributed by atoms with Crippen LogP contribution in [-0.2, 0) is 27.9 Å². The Hall–Kier alpha value is -3.07. The van der Waals surface area contributed by atoms with E-state index in [1.807, 2.05) is 33.3 Å².